The van der Waals surface area contributed by atoms with Crippen molar-refractivity contribution < 1.29 is 4.79 Å². The number of H-pyrrole nitrogens is 1. The second kappa shape index (κ2) is 5.23. The molecule has 0 unspecified atom stereocenters. The van der Waals surface area contributed by atoms with Crippen LogP contribution >= 0.6 is 0 Å². The molecule has 0 aliphatic carbocycles. The van der Waals surface area contributed by atoms with Gasteiger partial charge in [-0.1, -0.05) is 12.1 Å². The standard InChI is InChI=1S/C19H20N2O2/c1-11-9-14-16(10-13(11)18(23)21-19(2,3)4)20-15-8-6-5-7-12(15)17(14)22/h5-10H,1-4H3,(H,20,22)(H,21,23). The van der Waals surface area contributed by atoms with Crippen molar-refractivity contribution >= 4 is 27.7 Å². The van der Waals surface area contributed by atoms with Gasteiger partial charge in [0.05, 0.1) is 5.52 Å². The van der Waals surface area contributed by atoms with E-state index in [1.54, 1.807) is 12.1 Å². The molecule has 0 saturated heterocycles. The zero-order valence-electron chi connectivity index (χ0n) is 13.8. The molecule has 23 heavy (non-hydrogen) atoms. The summed E-state index contributed by atoms with van der Waals surface area (Å²) >= 11 is 0. The fraction of sp³-hybridized carbons (Fsp3) is 0.263. The molecule has 0 bridgehead atoms. The number of aryl methyl sites for hydroxylation is 1. The number of rotatable bonds is 1. The number of fused-ring (bicyclic) bond motifs is 2. The predicted octanol–water partition coefficient (Wildman–Crippen LogP) is 3.52. The van der Waals surface area contributed by atoms with Crippen LogP contribution in [0.2, 0.25) is 0 Å². The van der Waals surface area contributed by atoms with Crippen molar-refractivity contribution in [2.24, 2.45) is 0 Å². The molecule has 2 aromatic carbocycles. The Bertz CT molecular complexity index is 978. The lowest BCUT2D eigenvalue weighted by Crippen LogP contribution is -2.40. The number of carbonyl (C=O) groups excluding carboxylic acids is 1. The number of carbonyl (C=O) groups is 1. The van der Waals surface area contributed by atoms with Crippen LogP contribution in [0.15, 0.2) is 41.2 Å². The zero-order chi connectivity index (χ0) is 16.8. The molecule has 0 spiro atoms. The van der Waals surface area contributed by atoms with E-state index in [0.29, 0.717) is 21.9 Å². The summed E-state index contributed by atoms with van der Waals surface area (Å²) in [5.74, 6) is -0.133. The fourth-order valence-electron chi connectivity index (χ4n) is 2.73. The maximum atomic E-state index is 12.6. The van der Waals surface area contributed by atoms with Gasteiger partial charge >= 0.3 is 0 Å². The van der Waals surface area contributed by atoms with Crippen LogP contribution in [-0.2, 0) is 0 Å². The number of aromatic amines is 1. The van der Waals surface area contributed by atoms with E-state index in [2.05, 4.69) is 10.3 Å². The van der Waals surface area contributed by atoms with Gasteiger partial charge in [0, 0.05) is 27.4 Å². The van der Waals surface area contributed by atoms with Crippen molar-refractivity contribution in [1.29, 1.82) is 0 Å². The molecule has 0 radical (unpaired) electrons. The van der Waals surface area contributed by atoms with E-state index < -0.39 is 0 Å². The van der Waals surface area contributed by atoms with Crippen LogP contribution in [0, 0.1) is 6.92 Å². The summed E-state index contributed by atoms with van der Waals surface area (Å²) in [5, 5.41) is 4.23. The maximum absolute atomic E-state index is 12.6. The van der Waals surface area contributed by atoms with Crippen LogP contribution in [0.3, 0.4) is 0 Å². The number of amides is 1. The normalized spacial score (nSPS) is 11.8. The highest BCUT2D eigenvalue weighted by molar-refractivity contribution is 6.01. The van der Waals surface area contributed by atoms with Gasteiger partial charge in [-0.15, -0.1) is 0 Å². The number of hydrogen-bond acceptors (Lipinski definition) is 2. The molecule has 0 saturated carbocycles. The van der Waals surface area contributed by atoms with Crippen molar-refractivity contribution in [3.05, 3.63) is 57.7 Å². The highest BCUT2D eigenvalue weighted by atomic mass is 16.1. The summed E-state index contributed by atoms with van der Waals surface area (Å²) in [7, 11) is 0. The molecule has 2 N–H and O–H groups in total. The lowest BCUT2D eigenvalue weighted by atomic mass is 10.0. The summed E-state index contributed by atoms with van der Waals surface area (Å²) < 4.78 is 0. The van der Waals surface area contributed by atoms with Crippen LogP contribution in [0.4, 0.5) is 0 Å². The first kappa shape index (κ1) is 15.3. The van der Waals surface area contributed by atoms with E-state index in [9.17, 15) is 9.59 Å². The predicted molar refractivity (Wildman–Crippen MR) is 94.0 cm³/mol. The van der Waals surface area contributed by atoms with Gasteiger partial charge in [-0.2, -0.15) is 0 Å². The highest BCUT2D eigenvalue weighted by Crippen LogP contribution is 2.19. The molecule has 3 rings (SSSR count). The van der Waals surface area contributed by atoms with Crippen molar-refractivity contribution in [1.82, 2.24) is 10.3 Å². The molecule has 0 aliphatic rings. The minimum absolute atomic E-state index is 0.0137. The molecule has 4 nitrogen and oxygen atoms in total. The van der Waals surface area contributed by atoms with Crippen molar-refractivity contribution in [2.75, 3.05) is 0 Å². The highest BCUT2D eigenvalue weighted by Gasteiger charge is 2.18. The first-order valence-corrected chi connectivity index (χ1v) is 7.64. The summed E-state index contributed by atoms with van der Waals surface area (Å²) in [6.07, 6.45) is 0. The Kier molecular flexibility index (Phi) is 3.48. The van der Waals surface area contributed by atoms with E-state index >= 15 is 0 Å². The summed E-state index contributed by atoms with van der Waals surface area (Å²) in [6, 6.07) is 11.0. The van der Waals surface area contributed by atoms with E-state index in [1.165, 1.54) is 0 Å². The Balaban J connectivity index is 2.24. The quantitative estimate of drug-likeness (QED) is 0.676. The Hall–Kier alpha value is -2.62. The van der Waals surface area contributed by atoms with Gasteiger partial charge in [0.2, 0.25) is 0 Å². The van der Waals surface area contributed by atoms with Crippen molar-refractivity contribution in [2.45, 2.75) is 33.2 Å². The molecule has 1 aromatic heterocycles. The second-order valence-corrected chi connectivity index (χ2v) is 6.92. The molecule has 1 heterocycles. The van der Waals surface area contributed by atoms with E-state index in [0.717, 1.165) is 11.1 Å². The molecule has 0 atom stereocenters. The van der Waals surface area contributed by atoms with Crippen LogP contribution in [0.25, 0.3) is 21.8 Å². The number of para-hydroxylation sites is 1. The molecule has 1 amide bonds. The number of nitrogens with one attached hydrogen (secondary N) is 2. The molecular weight excluding hydrogens is 288 g/mol. The van der Waals surface area contributed by atoms with Gasteiger partial charge in [0.1, 0.15) is 0 Å². The van der Waals surface area contributed by atoms with Gasteiger partial charge in [-0.3, -0.25) is 9.59 Å². The number of aromatic nitrogens is 1. The Morgan fingerprint density at radius 3 is 2.43 bits per heavy atom. The third kappa shape index (κ3) is 2.84. The van der Waals surface area contributed by atoms with Crippen LogP contribution in [0.1, 0.15) is 36.7 Å². The average molecular weight is 308 g/mol. The maximum Gasteiger partial charge on any atom is 0.252 e. The summed E-state index contributed by atoms with van der Waals surface area (Å²) in [6.45, 7) is 7.68. The smallest absolute Gasteiger partial charge is 0.252 e. The molecule has 118 valence electrons. The third-order valence-corrected chi connectivity index (χ3v) is 3.78. The monoisotopic (exact) mass is 308 g/mol. The Labute approximate surface area is 134 Å². The molecule has 4 heteroatoms. The molecule has 0 fully saturated rings. The van der Waals surface area contributed by atoms with Crippen LogP contribution < -0.4 is 10.7 Å². The number of benzene rings is 2. The Morgan fingerprint density at radius 2 is 1.74 bits per heavy atom. The summed E-state index contributed by atoms with van der Waals surface area (Å²) in [5.41, 5.74) is 2.50. The topological polar surface area (TPSA) is 62.0 Å². The lowest BCUT2D eigenvalue weighted by molar-refractivity contribution is 0.0919. The van der Waals surface area contributed by atoms with Crippen molar-refractivity contribution in [3.8, 4) is 0 Å². The van der Waals surface area contributed by atoms with Crippen LogP contribution in [-0.4, -0.2) is 16.4 Å². The zero-order valence-corrected chi connectivity index (χ0v) is 13.8. The first-order chi connectivity index (χ1) is 10.8. The lowest BCUT2D eigenvalue weighted by Gasteiger charge is -2.21. The molecular formula is C19H20N2O2. The first-order valence-electron chi connectivity index (χ1n) is 7.64. The van der Waals surface area contributed by atoms with E-state index in [1.807, 2.05) is 52.0 Å². The second-order valence-electron chi connectivity index (χ2n) is 6.92. The molecule has 3 aromatic rings. The van der Waals surface area contributed by atoms with Gasteiger partial charge in [0.25, 0.3) is 5.91 Å². The van der Waals surface area contributed by atoms with E-state index in [-0.39, 0.29) is 16.9 Å². The van der Waals surface area contributed by atoms with Gasteiger partial charge in [0.15, 0.2) is 5.43 Å². The minimum atomic E-state index is -0.310. The van der Waals surface area contributed by atoms with Gasteiger partial charge < -0.3 is 10.3 Å². The number of hydrogen-bond donors (Lipinski definition) is 2. The Morgan fingerprint density at radius 1 is 1.04 bits per heavy atom. The number of pyridine rings is 1. The van der Waals surface area contributed by atoms with Crippen molar-refractivity contribution in [3.63, 3.8) is 0 Å². The SMILES string of the molecule is Cc1cc2c(=O)c3ccccc3[nH]c2cc1C(=O)NC(C)(C)C. The third-order valence-electron chi connectivity index (χ3n) is 3.78. The fourth-order valence-corrected chi connectivity index (χ4v) is 2.73. The minimum Gasteiger partial charge on any atom is -0.354 e. The average Bonchev–Trinajstić information content (AvgIpc) is 2.46. The van der Waals surface area contributed by atoms with Gasteiger partial charge in [-0.25, -0.2) is 0 Å². The summed E-state index contributed by atoms with van der Waals surface area (Å²) in [4.78, 5) is 28.4. The van der Waals surface area contributed by atoms with Crippen LogP contribution in [0.5, 0.6) is 0 Å². The molecule has 0 aliphatic heterocycles. The van der Waals surface area contributed by atoms with Gasteiger partial charge in [-0.05, 0) is 57.5 Å². The largest absolute Gasteiger partial charge is 0.354 e. The van der Waals surface area contributed by atoms with E-state index in [4.69, 9.17) is 0 Å².